The summed E-state index contributed by atoms with van der Waals surface area (Å²) < 4.78 is 1.95. The maximum Gasteiger partial charge on any atom is 0.352 e. The van der Waals surface area contributed by atoms with E-state index in [0.29, 0.717) is 11.7 Å². The molecule has 0 radical (unpaired) electrons. The Morgan fingerprint density at radius 2 is 2.15 bits per heavy atom. The normalized spacial score (nSPS) is 25.1. The molecule has 0 aromatic carbocycles. The lowest BCUT2D eigenvalue weighted by atomic mass is 10.0. The molecule has 1 N–H and O–H groups in total. The van der Waals surface area contributed by atoms with Gasteiger partial charge in [-0.15, -0.1) is 0 Å². The number of carbonyl (C=O) groups is 1. The quantitative estimate of drug-likeness (QED) is 0.927. The van der Waals surface area contributed by atoms with Gasteiger partial charge in [0.15, 0.2) is 0 Å². The summed E-state index contributed by atoms with van der Waals surface area (Å²) in [5.41, 5.74) is 0.427. The van der Waals surface area contributed by atoms with E-state index in [9.17, 15) is 9.90 Å². The van der Waals surface area contributed by atoms with Gasteiger partial charge >= 0.3 is 5.97 Å². The van der Waals surface area contributed by atoms with Crippen LogP contribution in [0, 0.1) is 5.92 Å². The van der Waals surface area contributed by atoms with Crippen LogP contribution in [0.1, 0.15) is 35.8 Å². The van der Waals surface area contributed by atoms with Gasteiger partial charge in [-0.1, -0.05) is 0 Å². The first-order valence-electron chi connectivity index (χ1n) is 7.44. The minimum absolute atomic E-state index is 0.352. The van der Waals surface area contributed by atoms with E-state index < -0.39 is 5.97 Å². The molecule has 2 aliphatic rings. The number of aromatic carboxylic acids is 1. The summed E-state index contributed by atoms with van der Waals surface area (Å²) in [5, 5.41) is 9.19. The van der Waals surface area contributed by atoms with Crippen LogP contribution in [-0.4, -0.2) is 51.7 Å². The number of thioether (sulfide) groups is 1. The zero-order valence-electron chi connectivity index (χ0n) is 11.7. The van der Waals surface area contributed by atoms with E-state index in [1.807, 2.05) is 16.8 Å². The van der Waals surface area contributed by atoms with Crippen molar-refractivity contribution < 1.29 is 9.90 Å². The molecule has 0 saturated carbocycles. The highest BCUT2D eigenvalue weighted by Gasteiger charge is 2.25. The Hall–Kier alpha value is -0.940. The summed E-state index contributed by atoms with van der Waals surface area (Å²) in [6.45, 7) is 3.43. The second-order valence-corrected chi connectivity index (χ2v) is 7.02. The fourth-order valence-electron chi connectivity index (χ4n) is 3.37. The maximum absolute atomic E-state index is 11.2. The predicted molar refractivity (Wildman–Crippen MR) is 81.5 cm³/mol. The van der Waals surface area contributed by atoms with E-state index in [1.165, 1.54) is 24.5 Å². The third kappa shape index (κ3) is 3.04. The van der Waals surface area contributed by atoms with Crippen molar-refractivity contribution in [1.29, 1.82) is 0 Å². The highest BCUT2D eigenvalue weighted by atomic mass is 32.2. The first kappa shape index (κ1) is 14.0. The molecule has 20 heavy (non-hydrogen) atoms. The Labute approximate surface area is 124 Å². The molecule has 1 aromatic heterocycles. The third-order valence-corrected chi connectivity index (χ3v) is 5.72. The Bertz CT molecular complexity index is 460. The topological polar surface area (TPSA) is 45.5 Å². The molecule has 0 spiro atoms. The summed E-state index contributed by atoms with van der Waals surface area (Å²) in [5.74, 6) is 2.70. The fraction of sp³-hybridized carbons (Fsp3) is 0.667. The van der Waals surface area contributed by atoms with Gasteiger partial charge in [0.1, 0.15) is 5.69 Å². The van der Waals surface area contributed by atoms with Crippen LogP contribution in [0.3, 0.4) is 0 Å². The maximum atomic E-state index is 11.2. The molecule has 3 rings (SSSR count). The molecule has 3 heterocycles. The van der Waals surface area contributed by atoms with Gasteiger partial charge in [-0.25, -0.2) is 4.79 Å². The number of likely N-dealkylation sites (tertiary alicyclic amines) is 1. The molecule has 0 bridgehead atoms. The third-order valence-electron chi connectivity index (χ3n) is 4.49. The minimum Gasteiger partial charge on any atom is -0.477 e. The Morgan fingerprint density at radius 1 is 1.35 bits per heavy atom. The van der Waals surface area contributed by atoms with E-state index in [-0.39, 0.29) is 0 Å². The van der Waals surface area contributed by atoms with Gasteiger partial charge in [-0.3, -0.25) is 0 Å². The lowest BCUT2D eigenvalue weighted by Crippen LogP contribution is -2.38. The second-order valence-electron chi connectivity index (χ2n) is 5.87. The van der Waals surface area contributed by atoms with Crippen molar-refractivity contribution in [2.24, 2.45) is 5.92 Å². The summed E-state index contributed by atoms with van der Waals surface area (Å²) in [6, 6.07) is 3.89. The molecular formula is C15H22N2O2S. The molecule has 5 heteroatoms. The zero-order valence-corrected chi connectivity index (χ0v) is 12.5. The van der Waals surface area contributed by atoms with E-state index in [0.717, 1.165) is 31.8 Å². The van der Waals surface area contributed by atoms with Gasteiger partial charge in [0.2, 0.25) is 0 Å². The summed E-state index contributed by atoms with van der Waals surface area (Å²) in [7, 11) is 0. The average molecular weight is 294 g/mol. The molecule has 0 aliphatic carbocycles. The van der Waals surface area contributed by atoms with Crippen molar-refractivity contribution in [3.05, 3.63) is 24.0 Å². The van der Waals surface area contributed by atoms with Crippen LogP contribution in [0.4, 0.5) is 0 Å². The first-order chi connectivity index (χ1) is 9.74. The van der Waals surface area contributed by atoms with E-state index in [2.05, 4.69) is 16.7 Å². The highest BCUT2D eigenvalue weighted by molar-refractivity contribution is 7.99. The van der Waals surface area contributed by atoms with Crippen molar-refractivity contribution >= 4 is 17.7 Å². The molecule has 2 saturated heterocycles. The Kier molecular flexibility index (Phi) is 4.36. The van der Waals surface area contributed by atoms with Gasteiger partial charge in [0, 0.05) is 31.9 Å². The second kappa shape index (κ2) is 6.22. The van der Waals surface area contributed by atoms with Crippen LogP contribution in [0.2, 0.25) is 0 Å². The molecule has 1 unspecified atom stereocenters. The number of aromatic nitrogens is 1. The molecule has 2 aliphatic heterocycles. The molecule has 110 valence electrons. The van der Waals surface area contributed by atoms with Crippen molar-refractivity contribution in [3.8, 4) is 0 Å². The smallest absolute Gasteiger partial charge is 0.352 e. The largest absolute Gasteiger partial charge is 0.477 e. The van der Waals surface area contributed by atoms with Crippen LogP contribution in [0.25, 0.3) is 0 Å². The number of piperidine rings is 1. The van der Waals surface area contributed by atoms with Crippen LogP contribution < -0.4 is 0 Å². The van der Waals surface area contributed by atoms with E-state index in [4.69, 9.17) is 0 Å². The van der Waals surface area contributed by atoms with Crippen LogP contribution in [-0.2, 0) is 0 Å². The van der Waals surface area contributed by atoms with Gasteiger partial charge in [-0.2, -0.15) is 11.8 Å². The molecule has 4 nitrogen and oxygen atoms in total. The average Bonchev–Trinajstić information content (AvgIpc) is 3.10. The number of carboxylic acids is 1. The molecule has 2 fully saturated rings. The van der Waals surface area contributed by atoms with E-state index in [1.54, 1.807) is 6.07 Å². The number of carboxylic acid groups (broad SMARTS) is 1. The number of hydrogen-bond donors (Lipinski definition) is 1. The summed E-state index contributed by atoms with van der Waals surface area (Å²) in [6.07, 6.45) is 5.41. The van der Waals surface area contributed by atoms with Gasteiger partial charge in [0.05, 0.1) is 0 Å². The Morgan fingerprint density at radius 3 is 2.80 bits per heavy atom. The molecule has 0 amide bonds. The van der Waals surface area contributed by atoms with Crippen molar-refractivity contribution in [3.63, 3.8) is 0 Å². The van der Waals surface area contributed by atoms with Crippen LogP contribution in [0.15, 0.2) is 18.3 Å². The molecular weight excluding hydrogens is 272 g/mol. The standard InChI is InChI=1S/C15H22N2O2S/c18-15(19)14-2-1-6-17(14)13-3-7-16(8-4-13)10-12-5-9-20-11-12/h1-2,6,12-13H,3-5,7-11H2,(H,18,19). The first-order valence-corrected chi connectivity index (χ1v) is 8.60. The van der Waals surface area contributed by atoms with Crippen molar-refractivity contribution in [2.45, 2.75) is 25.3 Å². The minimum atomic E-state index is -0.819. The summed E-state index contributed by atoms with van der Waals surface area (Å²) in [4.78, 5) is 13.8. The van der Waals surface area contributed by atoms with Crippen LogP contribution in [0.5, 0.6) is 0 Å². The Balaban J connectivity index is 1.55. The monoisotopic (exact) mass is 294 g/mol. The lowest BCUT2D eigenvalue weighted by Gasteiger charge is -2.34. The fourth-order valence-corrected chi connectivity index (χ4v) is 4.64. The number of hydrogen-bond acceptors (Lipinski definition) is 3. The van der Waals surface area contributed by atoms with Gasteiger partial charge in [-0.05, 0) is 48.8 Å². The SMILES string of the molecule is O=C(O)c1cccn1C1CCN(CC2CCSC2)CC1. The van der Waals surface area contributed by atoms with Crippen LogP contribution >= 0.6 is 11.8 Å². The molecule has 1 atom stereocenters. The van der Waals surface area contributed by atoms with Crippen molar-refractivity contribution in [2.75, 3.05) is 31.1 Å². The lowest BCUT2D eigenvalue weighted by molar-refractivity contribution is 0.0677. The van der Waals surface area contributed by atoms with Gasteiger partial charge in [0.25, 0.3) is 0 Å². The predicted octanol–water partition coefficient (Wildman–Crippen LogP) is 2.58. The van der Waals surface area contributed by atoms with Crippen molar-refractivity contribution in [1.82, 2.24) is 9.47 Å². The zero-order chi connectivity index (χ0) is 13.9. The number of nitrogens with zero attached hydrogens (tertiary/aromatic N) is 2. The van der Waals surface area contributed by atoms with Gasteiger partial charge < -0.3 is 14.6 Å². The molecule has 1 aromatic rings. The summed E-state index contributed by atoms with van der Waals surface area (Å²) >= 11 is 2.08. The van der Waals surface area contributed by atoms with E-state index >= 15 is 0 Å². The number of rotatable bonds is 4. The highest BCUT2D eigenvalue weighted by Crippen LogP contribution is 2.28.